The number of hydrogen-bond acceptors (Lipinski definition) is 14. The van der Waals surface area contributed by atoms with Crippen LogP contribution in [0.15, 0.2) is 160 Å². The van der Waals surface area contributed by atoms with Gasteiger partial charge in [0.05, 0.1) is 34.9 Å². The molecule has 0 radical (unpaired) electrons. The molecule has 2 heterocycles. The van der Waals surface area contributed by atoms with Crippen LogP contribution in [0.2, 0.25) is 0 Å². The van der Waals surface area contributed by atoms with Crippen molar-refractivity contribution in [1.82, 2.24) is 48.1 Å². The molecular weight excluding hydrogens is 1220 g/mol. The molecule has 5 aromatic rings. The summed E-state index contributed by atoms with van der Waals surface area (Å²) in [4.78, 5) is 128. The number of fused-ring (bicyclic) bond motifs is 2. The molecule has 0 aromatic heterocycles. The van der Waals surface area contributed by atoms with E-state index in [1.165, 1.54) is 22.2 Å². The third-order valence-electron chi connectivity index (χ3n) is 16.9. The largest absolute Gasteiger partial charge is 0.359 e. The van der Waals surface area contributed by atoms with Crippen molar-refractivity contribution < 1.29 is 43.2 Å². The molecule has 4 aliphatic rings. The van der Waals surface area contributed by atoms with E-state index in [0.29, 0.717) is 71.3 Å². The minimum absolute atomic E-state index is 0. The lowest BCUT2D eigenvalue weighted by atomic mass is 9.81. The monoisotopic (exact) mass is 1310 g/mol. The molecule has 0 bridgehead atoms. The van der Waals surface area contributed by atoms with Gasteiger partial charge in [0.15, 0.2) is 6.17 Å². The Hall–Kier alpha value is -10.4. The molecule has 2 saturated carbocycles. The fourth-order valence-corrected chi connectivity index (χ4v) is 11.6. The van der Waals surface area contributed by atoms with Gasteiger partial charge in [-0.05, 0) is 100 Å². The minimum atomic E-state index is -1.31. The molecule has 2 fully saturated rings. The van der Waals surface area contributed by atoms with E-state index >= 15 is 0 Å². The highest BCUT2D eigenvalue weighted by Crippen LogP contribution is 2.32. The minimum Gasteiger partial charge on any atom is -0.359 e. The first kappa shape index (κ1) is 74.6. The van der Waals surface area contributed by atoms with Crippen LogP contribution in [-0.2, 0) is 28.8 Å². The average Bonchev–Trinajstić information content (AvgIpc) is 1.62. The summed E-state index contributed by atoms with van der Waals surface area (Å²) in [6.45, 7) is 4.08. The first-order valence-corrected chi connectivity index (χ1v) is 31.9. The van der Waals surface area contributed by atoms with Crippen LogP contribution in [0.25, 0.3) is 0 Å². The molecule has 25 heteroatoms. The number of hydrogen-bond donors (Lipinski definition) is 10. The molecule has 96 heavy (non-hydrogen) atoms. The summed E-state index contributed by atoms with van der Waals surface area (Å²) in [7, 11) is 3.30. The van der Waals surface area contributed by atoms with Crippen molar-refractivity contribution in [3.8, 4) is 0 Å². The number of anilines is 2. The number of amides is 11. The van der Waals surface area contributed by atoms with E-state index < -0.39 is 66.0 Å². The molecule has 9 rings (SSSR count). The van der Waals surface area contributed by atoms with Gasteiger partial charge in [-0.1, -0.05) is 144 Å². The van der Waals surface area contributed by atoms with Crippen LogP contribution in [0.3, 0.4) is 0 Å². The Morgan fingerprint density at radius 3 is 1.33 bits per heavy atom. The highest BCUT2D eigenvalue weighted by atomic mass is 16.2. The number of para-hydroxylation sites is 2. The maximum Gasteiger partial charge on any atom is 0.335 e. The van der Waals surface area contributed by atoms with Crippen molar-refractivity contribution in [1.29, 1.82) is 0 Å². The fraction of sp³-hybridized carbons (Fsp3) is 0.394. The number of carbonyl (C=O) groups is 9. The molecule has 25 nitrogen and oxygen atoms in total. The lowest BCUT2D eigenvalue weighted by Crippen LogP contribution is -2.51. The van der Waals surface area contributed by atoms with Crippen LogP contribution < -0.4 is 63.6 Å². The van der Waals surface area contributed by atoms with Crippen molar-refractivity contribution in [3.05, 3.63) is 167 Å². The van der Waals surface area contributed by atoms with Gasteiger partial charge >= 0.3 is 12.1 Å². The van der Waals surface area contributed by atoms with Gasteiger partial charge in [-0.25, -0.2) is 25.4 Å². The number of nitrogens with one attached hydrogen (secondary N) is 9. The fourth-order valence-electron chi connectivity index (χ4n) is 11.6. The van der Waals surface area contributed by atoms with E-state index in [0.717, 1.165) is 62.5 Å². The number of rotatable bonds is 22. The Bertz CT molecular complexity index is 3570. The van der Waals surface area contributed by atoms with E-state index in [1.807, 2.05) is 98.8 Å². The summed E-state index contributed by atoms with van der Waals surface area (Å²) in [5.74, 6) is -1.60. The van der Waals surface area contributed by atoms with Gasteiger partial charge in [-0.15, -0.1) is 0 Å². The van der Waals surface area contributed by atoms with Crippen LogP contribution >= 0.6 is 0 Å². The van der Waals surface area contributed by atoms with E-state index in [1.54, 1.807) is 68.7 Å². The predicted molar refractivity (Wildman–Crippen MR) is 374 cm³/mol. The van der Waals surface area contributed by atoms with Gasteiger partial charge in [0.25, 0.3) is 17.7 Å². The summed E-state index contributed by atoms with van der Waals surface area (Å²) in [5.41, 5.74) is 16.4. The van der Waals surface area contributed by atoms with E-state index in [2.05, 4.69) is 63.3 Å². The van der Waals surface area contributed by atoms with Crippen LogP contribution in [0.4, 0.5) is 21.0 Å². The molecule has 5 aromatic carbocycles. The van der Waals surface area contributed by atoms with Crippen LogP contribution in [-0.4, -0.2) is 142 Å². The quantitative estimate of drug-likeness (QED) is 0.0264. The number of benzodiazepines with no additional fused rings is 2. The van der Waals surface area contributed by atoms with Gasteiger partial charge in [0.1, 0.15) is 13.1 Å². The number of nitrogens with zero attached hydrogens (tertiary/aromatic N) is 6. The highest BCUT2D eigenvalue weighted by Gasteiger charge is 2.36. The number of urea groups is 2. The summed E-state index contributed by atoms with van der Waals surface area (Å²) in [6.07, 6.45) is 8.05. The molecule has 2 unspecified atom stereocenters. The Balaban J connectivity index is 0.000000302. The van der Waals surface area contributed by atoms with E-state index in [4.69, 9.17) is 10.7 Å². The number of benzene rings is 5. The first-order chi connectivity index (χ1) is 45.6. The molecule has 4 atom stereocenters. The van der Waals surface area contributed by atoms with Crippen molar-refractivity contribution in [2.24, 2.45) is 49.6 Å². The molecule has 0 saturated heterocycles. The Morgan fingerprint density at radius 2 is 0.917 bits per heavy atom. The van der Waals surface area contributed by atoms with Gasteiger partial charge in [-0.2, -0.15) is 10.2 Å². The SMILES string of the molecule is C.C.CC[C@@H](/C=N/NC(=O)NCC1CCC(C(=O)NC)CC1)NC(=O)CN1C(=O)C(N)N=C(c2ccccc2)c2ccccc21.CC[C@@H](/C=N/NC(=O)NCC1CCC(C(=O)NC)CC1)NC(=O)CN1C(=O)C(NC(=O)c2ccccc2)N=C(c2ccccc2)c2ccccc21. The second-order valence-corrected chi connectivity index (χ2v) is 23.3. The summed E-state index contributed by atoms with van der Waals surface area (Å²) in [5, 5.41) is 27.6. The first-order valence-electron chi connectivity index (χ1n) is 31.9. The summed E-state index contributed by atoms with van der Waals surface area (Å²) >= 11 is 0. The second kappa shape index (κ2) is 37.5. The summed E-state index contributed by atoms with van der Waals surface area (Å²) in [6, 6.07) is 39.9. The van der Waals surface area contributed by atoms with Crippen LogP contribution in [0.1, 0.15) is 126 Å². The lowest BCUT2D eigenvalue weighted by molar-refractivity contribution is -0.126. The number of hydrazone groups is 2. The topological polar surface area (TPSA) is 344 Å². The maximum absolute atomic E-state index is 14.2. The Morgan fingerprint density at radius 1 is 0.531 bits per heavy atom. The molecule has 510 valence electrons. The third-order valence-corrected chi connectivity index (χ3v) is 16.9. The molecule has 2 aliphatic heterocycles. The zero-order valence-electron chi connectivity index (χ0n) is 53.4. The number of nitrogens with two attached hydrogens (primary N) is 1. The predicted octanol–water partition coefficient (Wildman–Crippen LogP) is 6.52. The highest BCUT2D eigenvalue weighted by molar-refractivity contribution is 6.22. The normalized spacial score (nSPS) is 19.5. The van der Waals surface area contributed by atoms with Gasteiger partial charge in [0.2, 0.25) is 29.8 Å². The van der Waals surface area contributed by atoms with Gasteiger partial charge in [-0.3, -0.25) is 48.4 Å². The molecule has 2 aliphatic carbocycles. The van der Waals surface area contributed by atoms with Crippen LogP contribution in [0.5, 0.6) is 0 Å². The number of carbonyl (C=O) groups excluding carboxylic acids is 9. The van der Waals surface area contributed by atoms with E-state index in [9.17, 15) is 43.2 Å². The maximum atomic E-state index is 14.2. The summed E-state index contributed by atoms with van der Waals surface area (Å²) < 4.78 is 0. The standard InChI is InChI=1S/C38H44N8O5.C31H40N8O4.2CH4/c1-3-29(23-41-45-38(51)40-22-25-18-20-28(21-19-25)35(48)39-2)42-32(47)24-46-31-17-11-10-16-30(31)33(26-12-6-4-7-13-26)43-34(37(46)50)44-36(49)27-14-8-5-9-15-27;1-3-23(18-35-38-31(43)34-17-20-13-15-22(16-14-20)29(41)33-2)36-26(40)19-39-25-12-8-7-11-24(25)27(37-28(32)30(39)42)21-9-5-4-6-10-21;;/h4-17,23,25,28-29,34H,3,18-22,24H2,1-2H3,(H,39,48)(H,42,47)(H,44,49)(H2,40,45,51);4-12,18,20,22-23,28H,3,13-17,19,32H2,1-2H3,(H,33,41)(H,36,40)(H2,34,38,43);2*1H4/b41-23+;35-18+;;/t25?,28?,29-,34?;20?,22?,23-,28?;;/m00../s1. The zero-order valence-corrected chi connectivity index (χ0v) is 53.4. The molecule has 11 N–H and O–H groups in total. The van der Waals surface area contributed by atoms with Crippen LogP contribution in [0, 0.1) is 23.7 Å². The molecule has 11 amide bonds. The van der Waals surface area contributed by atoms with Crippen molar-refractivity contribution in [2.75, 3.05) is 50.1 Å². The smallest absolute Gasteiger partial charge is 0.335 e. The van der Waals surface area contributed by atoms with Gasteiger partial charge in [0, 0.05) is 79.3 Å². The lowest BCUT2D eigenvalue weighted by Gasteiger charge is -2.27. The molecule has 0 spiro atoms. The number of aliphatic imine (C=N–C) groups is 2. The Kier molecular flexibility index (Phi) is 29.1. The van der Waals surface area contributed by atoms with Crippen molar-refractivity contribution in [2.45, 2.75) is 117 Å². The van der Waals surface area contributed by atoms with Crippen molar-refractivity contribution >= 4 is 88.6 Å². The Labute approximate surface area is 561 Å². The van der Waals surface area contributed by atoms with Gasteiger partial charge < -0.3 is 43.0 Å². The zero-order chi connectivity index (χ0) is 66.9. The molecular formula is C71H92N16O9. The average molecular weight is 1310 g/mol. The van der Waals surface area contributed by atoms with E-state index in [-0.39, 0.29) is 57.5 Å². The second-order valence-electron chi connectivity index (χ2n) is 23.3. The third kappa shape index (κ3) is 20.8. The van der Waals surface area contributed by atoms with Crippen molar-refractivity contribution in [3.63, 3.8) is 0 Å².